The van der Waals surface area contributed by atoms with Gasteiger partial charge in [-0.1, -0.05) is 149 Å². The maximum Gasteiger partial charge on any atom is 0.320 e. The number of aliphatic hydroxyl groups is 1. The fourth-order valence-electron chi connectivity index (χ4n) is 9.60. The molecule has 0 aromatic heterocycles. The molecule has 0 saturated heterocycles. The number of nitrogens with two attached hydrogens (primary N) is 2. The number of benzene rings is 4. The van der Waals surface area contributed by atoms with E-state index in [1.54, 1.807) is 119 Å². The predicted octanol–water partition coefficient (Wildman–Crippen LogP) is -0.657. The van der Waals surface area contributed by atoms with E-state index in [9.17, 15) is 67.4 Å². The van der Waals surface area contributed by atoms with Crippen molar-refractivity contribution in [2.24, 2.45) is 23.3 Å². The Hall–Kier alpha value is -9.74. The van der Waals surface area contributed by atoms with Crippen molar-refractivity contribution in [3.8, 4) is 0 Å². The predicted molar refractivity (Wildman–Crippen MR) is 357 cm³/mol. The van der Waals surface area contributed by atoms with Gasteiger partial charge in [0, 0.05) is 26.9 Å². The lowest BCUT2D eigenvalue weighted by atomic mass is 10.00. The summed E-state index contributed by atoms with van der Waals surface area (Å²) < 4.78 is 5.40. The van der Waals surface area contributed by atoms with Crippen molar-refractivity contribution < 1.29 is 71.6 Å². The van der Waals surface area contributed by atoms with Crippen LogP contribution in [0.1, 0.15) is 83.6 Å². The van der Waals surface area contributed by atoms with E-state index >= 15 is 0 Å². The minimum Gasteiger partial charge on any atom is -0.394 e. The second-order valence-electron chi connectivity index (χ2n) is 23.9. The summed E-state index contributed by atoms with van der Waals surface area (Å²) in [6.45, 7) is 8.74. The Labute approximate surface area is 563 Å². The highest BCUT2D eigenvalue weighted by Gasteiger charge is 2.38. The molecular formula is C67H91N13O15S. The Morgan fingerprint density at radius 1 is 0.479 bits per heavy atom. The number of carbonyl (C=O) groups excluding carboxylic acids is 13. The first-order valence-corrected chi connectivity index (χ1v) is 32.2. The molecule has 0 aliphatic carbocycles. The molecule has 0 aliphatic rings. The first-order chi connectivity index (χ1) is 45.5. The largest absolute Gasteiger partial charge is 0.394 e. The minimum absolute atomic E-state index is 0.0236. The Kier molecular flexibility index (Phi) is 32.7. The van der Waals surface area contributed by atoms with Crippen LogP contribution in [0.4, 0.5) is 0 Å². The summed E-state index contributed by atoms with van der Waals surface area (Å²) in [5.41, 5.74) is 14.1. The molecule has 0 bridgehead atoms. The molecule has 14 N–H and O–H groups in total. The van der Waals surface area contributed by atoms with Crippen LogP contribution in [0, 0.1) is 11.8 Å². The molecule has 0 radical (unpaired) electrons. The normalized spacial score (nSPS) is 14.1. The molecule has 0 aliphatic heterocycles. The molecule has 28 nitrogen and oxygen atoms in total. The van der Waals surface area contributed by atoms with E-state index in [4.69, 9.17) is 15.7 Å². The van der Waals surface area contributed by atoms with Crippen LogP contribution < -0.4 is 59.3 Å². The molecule has 520 valence electrons. The highest BCUT2D eigenvalue weighted by Crippen LogP contribution is 2.17. The van der Waals surface area contributed by atoms with Crippen LogP contribution in [0.25, 0.3) is 0 Å². The lowest BCUT2D eigenvalue weighted by Gasteiger charge is -2.31. The zero-order valence-corrected chi connectivity index (χ0v) is 56.3. The molecule has 10 atom stereocenters. The van der Waals surface area contributed by atoms with Crippen LogP contribution >= 0.6 is 12.0 Å². The Morgan fingerprint density at radius 3 is 1.50 bits per heavy atom. The van der Waals surface area contributed by atoms with Crippen LogP contribution in [0.5, 0.6) is 0 Å². The average Bonchev–Trinajstić information content (AvgIpc) is 0.922. The van der Waals surface area contributed by atoms with E-state index in [2.05, 4.69) is 47.9 Å². The van der Waals surface area contributed by atoms with Gasteiger partial charge in [-0.05, 0) is 67.7 Å². The Morgan fingerprint density at radius 2 is 0.969 bits per heavy atom. The van der Waals surface area contributed by atoms with Gasteiger partial charge < -0.3 is 78.4 Å². The number of hydrogen-bond donors (Lipinski definition) is 12. The van der Waals surface area contributed by atoms with Gasteiger partial charge in [0.2, 0.25) is 70.9 Å². The zero-order chi connectivity index (χ0) is 71.2. The Balaban J connectivity index is 1.48. The second-order valence-corrected chi connectivity index (χ2v) is 24.6. The van der Waals surface area contributed by atoms with Gasteiger partial charge in [-0.2, -0.15) is 0 Å². The molecule has 0 heterocycles. The van der Waals surface area contributed by atoms with Crippen molar-refractivity contribution in [3.05, 3.63) is 144 Å². The molecule has 0 unspecified atom stereocenters. The number of likely N-dealkylation sites (N-methyl/N-ethyl adjacent to an activating group) is 2. The quantitative estimate of drug-likeness (QED) is 0.0248. The zero-order valence-electron chi connectivity index (χ0n) is 55.5. The lowest BCUT2D eigenvalue weighted by Crippen LogP contribution is -2.61. The van der Waals surface area contributed by atoms with Crippen molar-refractivity contribution in [1.29, 1.82) is 0 Å². The first kappa shape index (κ1) is 78.7. The van der Waals surface area contributed by atoms with Crippen LogP contribution in [-0.2, 0) is 91.5 Å². The highest BCUT2D eigenvalue weighted by molar-refractivity contribution is 7.94. The van der Waals surface area contributed by atoms with E-state index < -0.39 is 169 Å². The molecule has 0 fully saturated rings. The minimum atomic E-state index is -1.76. The third kappa shape index (κ3) is 26.6. The molecule has 12 amide bonds. The van der Waals surface area contributed by atoms with Gasteiger partial charge >= 0.3 is 5.97 Å². The topological polar surface area (TPSA) is 418 Å². The van der Waals surface area contributed by atoms with E-state index in [0.717, 1.165) is 28.1 Å². The van der Waals surface area contributed by atoms with Gasteiger partial charge in [-0.25, -0.2) is 0 Å². The third-order valence-electron chi connectivity index (χ3n) is 15.2. The van der Waals surface area contributed by atoms with Gasteiger partial charge in [0.05, 0.1) is 50.0 Å². The van der Waals surface area contributed by atoms with Gasteiger partial charge in [-0.3, -0.25) is 62.3 Å². The number of hydrogen-bond acceptors (Lipinski definition) is 17. The number of nitrogens with zero attached hydrogens (tertiary/aromatic N) is 2. The highest BCUT2D eigenvalue weighted by atomic mass is 32.2. The maximum atomic E-state index is 14.6. The van der Waals surface area contributed by atoms with Crippen LogP contribution in [0.3, 0.4) is 0 Å². The lowest BCUT2D eigenvalue weighted by molar-refractivity contribution is -0.145. The molecule has 4 aromatic rings. The summed E-state index contributed by atoms with van der Waals surface area (Å²) in [6.07, 6.45) is -0.662. The molecule has 4 aromatic carbocycles. The molecule has 96 heavy (non-hydrogen) atoms. The summed E-state index contributed by atoms with van der Waals surface area (Å²) in [5.74, 6) is -11.6. The number of rotatable bonds is 38. The SMILES string of the molecule is CC(C)C[C@H](NC(=O)CNC(=O)[C@H](Cc1ccccc1)N(C)C(=O)[C@H](C)NC(=O)[C@@H](N)Cc1ccccc1)C(=O)N[C@@H](C)C(=O)N[C@H](C(=O)N[C@@H](Cc1ccccc1)C(=O)N[C@@H](CC(=O)OSCc1ccccc1)C(=O)N(C)[C@@H](C)C(=O)N[C@@H](CO)C(=O)NCC(N)=O)C(C)C. The number of nitrogens with one attached hydrogen (secondary N) is 9. The van der Waals surface area contributed by atoms with E-state index in [1.165, 1.54) is 39.8 Å². The standard InChI is InChI=1S/C67H91N13O15S/c1-39(2)30-49(74-55(83)36-71-64(91)53(33-46-26-18-12-19-27-46)80(9)66(93)42(6)73-60(87)48(68)31-44-22-14-10-15-23-44)62(89)72-41(5)58(85)78-57(40(3)4)65(92)75-50(32-45-24-16-11-17-25-45)63(90)76-51(34-56(84)95-96-38-47-28-20-13-21-29-47)67(94)79(8)43(7)59(86)77-52(37-81)61(88)70-35-54(69)82/h10-29,39-43,48-53,57,81H,30-38,68H2,1-9H3,(H2,69,82)(H,70,88)(H,71,91)(H,72,89)(H,73,87)(H,74,83)(H,75,92)(H,76,90)(H,77,86)(H,78,85)/t41-,42-,43-,48-,49-,50-,51-,52-,53-,57-/m0/s1. The van der Waals surface area contributed by atoms with Gasteiger partial charge in [-0.15, -0.1) is 0 Å². The van der Waals surface area contributed by atoms with E-state index in [0.29, 0.717) is 11.1 Å². The molecule has 0 saturated carbocycles. The number of primary amides is 1. The van der Waals surface area contributed by atoms with E-state index in [-0.39, 0.29) is 37.4 Å². The van der Waals surface area contributed by atoms with Crippen molar-refractivity contribution in [2.45, 2.75) is 147 Å². The van der Waals surface area contributed by atoms with Crippen molar-refractivity contribution in [2.75, 3.05) is 33.8 Å². The van der Waals surface area contributed by atoms with Gasteiger partial charge in [0.1, 0.15) is 54.4 Å². The third-order valence-corrected chi connectivity index (χ3v) is 16.0. The molecular weight excluding hydrogens is 1260 g/mol. The monoisotopic (exact) mass is 1350 g/mol. The van der Waals surface area contributed by atoms with Gasteiger partial charge in [0.25, 0.3) is 0 Å². The fourth-order valence-corrected chi connectivity index (χ4v) is 10.2. The van der Waals surface area contributed by atoms with Crippen molar-refractivity contribution >= 4 is 88.9 Å². The average molecular weight is 1350 g/mol. The summed E-state index contributed by atoms with van der Waals surface area (Å²) >= 11 is 0.764. The second kappa shape index (κ2) is 39.8. The summed E-state index contributed by atoms with van der Waals surface area (Å²) in [7, 11) is 2.58. The Bertz CT molecular complexity index is 3280. The van der Waals surface area contributed by atoms with E-state index in [1.807, 2.05) is 30.3 Å². The van der Waals surface area contributed by atoms with Crippen molar-refractivity contribution in [3.63, 3.8) is 0 Å². The fraction of sp³-hybridized carbons (Fsp3) is 0.448. The first-order valence-electron chi connectivity index (χ1n) is 31.3. The summed E-state index contributed by atoms with van der Waals surface area (Å²) in [6, 6.07) is 21.8. The molecule has 4 rings (SSSR count). The molecule has 29 heteroatoms. The number of amides is 12. The van der Waals surface area contributed by atoms with Crippen molar-refractivity contribution in [1.82, 2.24) is 57.7 Å². The number of aliphatic hydroxyl groups excluding tert-OH is 1. The van der Waals surface area contributed by atoms with Crippen LogP contribution in [0.15, 0.2) is 121 Å². The number of carbonyl (C=O) groups is 13. The smallest absolute Gasteiger partial charge is 0.320 e. The summed E-state index contributed by atoms with van der Waals surface area (Å²) in [5, 5.41) is 32.6. The van der Waals surface area contributed by atoms with Crippen LogP contribution in [0.2, 0.25) is 0 Å². The maximum absolute atomic E-state index is 14.6. The van der Waals surface area contributed by atoms with Gasteiger partial charge in [0.15, 0.2) is 0 Å². The van der Waals surface area contributed by atoms with Crippen LogP contribution in [-0.4, -0.2) is 186 Å². The molecule has 0 spiro atoms. The summed E-state index contributed by atoms with van der Waals surface area (Å²) in [4.78, 5) is 179.